The van der Waals surface area contributed by atoms with E-state index in [2.05, 4.69) is 17.4 Å². The van der Waals surface area contributed by atoms with Gasteiger partial charge in [-0.15, -0.1) is 0 Å². The zero-order valence-electron chi connectivity index (χ0n) is 18.7. The van der Waals surface area contributed by atoms with Gasteiger partial charge in [-0.25, -0.2) is 4.79 Å². The molecule has 1 fully saturated rings. The van der Waals surface area contributed by atoms with Crippen molar-refractivity contribution in [1.82, 2.24) is 5.32 Å². The van der Waals surface area contributed by atoms with Gasteiger partial charge in [0.05, 0.1) is 0 Å². The van der Waals surface area contributed by atoms with Gasteiger partial charge in [-0.05, 0) is 53.3 Å². The quantitative estimate of drug-likeness (QED) is 0.494. The highest BCUT2D eigenvalue weighted by Gasteiger charge is 2.54. The number of carboxylic acids is 1. The molecule has 2 N–H and O–H groups in total. The van der Waals surface area contributed by atoms with Crippen molar-refractivity contribution >= 4 is 35.3 Å². The van der Waals surface area contributed by atoms with Crippen LogP contribution in [0.5, 0.6) is 0 Å². The van der Waals surface area contributed by atoms with Gasteiger partial charge in [-0.3, -0.25) is 14.5 Å². The molecule has 0 radical (unpaired) electrons. The van der Waals surface area contributed by atoms with Crippen molar-refractivity contribution in [3.05, 3.63) is 88.9 Å². The van der Waals surface area contributed by atoms with Crippen LogP contribution in [0, 0.1) is 0 Å². The molecule has 0 unspecified atom stereocenters. The maximum atomic E-state index is 13.3. The number of hydrogen-bond donors (Lipinski definition) is 2. The summed E-state index contributed by atoms with van der Waals surface area (Å²) in [5.74, 6) is -1.78. The molecule has 5 rings (SSSR count). The topological polar surface area (TPSA) is 95.9 Å². The maximum Gasteiger partial charge on any atom is 0.408 e. The highest BCUT2D eigenvalue weighted by molar-refractivity contribution is 6.31. The molecule has 1 saturated carbocycles. The second-order valence-corrected chi connectivity index (χ2v) is 9.23. The van der Waals surface area contributed by atoms with E-state index in [9.17, 15) is 19.5 Å². The summed E-state index contributed by atoms with van der Waals surface area (Å²) in [6.07, 6.45) is 0.0819. The Morgan fingerprint density at radius 3 is 2.17 bits per heavy atom. The van der Waals surface area contributed by atoms with E-state index in [4.69, 9.17) is 16.3 Å². The number of halogens is 1. The summed E-state index contributed by atoms with van der Waals surface area (Å²) in [6, 6.07) is 22.5. The average Bonchev–Trinajstić information content (AvgIpc) is 3.56. The minimum Gasteiger partial charge on any atom is -0.480 e. The van der Waals surface area contributed by atoms with Crippen LogP contribution in [0.3, 0.4) is 0 Å². The van der Waals surface area contributed by atoms with Gasteiger partial charge >= 0.3 is 12.1 Å². The van der Waals surface area contributed by atoms with Gasteiger partial charge in [0, 0.05) is 16.6 Å². The maximum absolute atomic E-state index is 13.3. The van der Waals surface area contributed by atoms with Gasteiger partial charge in [-0.1, -0.05) is 66.2 Å². The molecule has 0 spiro atoms. The molecule has 0 aromatic heterocycles. The van der Waals surface area contributed by atoms with Crippen molar-refractivity contribution < 1.29 is 24.2 Å². The number of rotatable bonds is 7. The Balaban J connectivity index is 1.29. The number of amides is 2. The molecule has 7 nitrogen and oxygen atoms in total. The predicted octanol–water partition coefficient (Wildman–Crippen LogP) is 4.83. The number of benzene rings is 3. The number of carbonyl (C=O) groups excluding carboxylic acids is 2. The van der Waals surface area contributed by atoms with Gasteiger partial charge in [0.1, 0.15) is 18.7 Å². The first-order valence-corrected chi connectivity index (χ1v) is 11.7. The third kappa shape index (κ3) is 4.47. The van der Waals surface area contributed by atoms with Crippen molar-refractivity contribution in [3.8, 4) is 11.1 Å². The molecular weight excluding hydrogens is 468 g/mol. The molecule has 3 aromatic carbocycles. The van der Waals surface area contributed by atoms with Crippen LogP contribution in [0.25, 0.3) is 11.1 Å². The van der Waals surface area contributed by atoms with Crippen LogP contribution in [-0.4, -0.2) is 41.8 Å². The smallest absolute Gasteiger partial charge is 0.408 e. The lowest BCUT2D eigenvalue weighted by molar-refractivity contribution is -0.137. The molecule has 0 heterocycles. The number of nitrogens with zero attached hydrogens (tertiary/aromatic N) is 1. The van der Waals surface area contributed by atoms with Crippen LogP contribution in [0.2, 0.25) is 5.02 Å². The molecule has 35 heavy (non-hydrogen) atoms. The Bertz CT molecular complexity index is 1270. The molecule has 0 bridgehead atoms. The van der Waals surface area contributed by atoms with Crippen LogP contribution in [0.1, 0.15) is 29.9 Å². The van der Waals surface area contributed by atoms with Crippen LogP contribution in [0.4, 0.5) is 10.5 Å². The van der Waals surface area contributed by atoms with E-state index in [1.807, 2.05) is 36.4 Å². The van der Waals surface area contributed by atoms with Gasteiger partial charge in [0.25, 0.3) is 5.91 Å². The van der Waals surface area contributed by atoms with Crippen molar-refractivity contribution in [3.63, 3.8) is 0 Å². The lowest BCUT2D eigenvalue weighted by Gasteiger charge is -2.27. The van der Waals surface area contributed by atoms with E-state index in [1.165, 1.54) is 6.07 Å². The summed E-state index contributed by atoms with van der Waals surface area (Å²) in [5, 5.41) is 12.4. The molecule has 0 saturated heterocycles. The fourth-order valence-corrected chi connectivity index (χ4v) is 4.85. The largest absolute Gasteiger partial charge is 0.480 e. The molecular formula is C27H23ClN2O5. The average molecular weight is 491 g/mol. The SMILES string of the molecule is O=C(O)CN(C(=O)C1(NC(=O)OCC2c3ccccc3-c3ccccc32)CC1)c1cccc(Cl)c1. The third-order valence-corrected chi connectivity index (χ3v) is 6.74. The second-order valence-electron chi connectivity index (χ2n) is 8.80. The number of fused-ring (bicyclic) bond motifs is 3. The highest BCUT2D eigenvalue weighted by Crippen LogP contribution is 2.44. The number of aliphatic carboxylic acids is 1. The Hall–Kier alpha value is -3.84. The summed E-state index contributed by atoms with van der Waals surface area (Å²) < 4.78 is 5.59. The highest BCUT2D eigenvalue weighted by atomic mass is 35.5. The Morgan fingerprint density at radius 2 is 1.60 bits per heavy atom. The van der Waals surface area contributed by atoms with Crippen LogP contribution in [0.15, 0.2) is 72.8 Å². The molecule has 2 aliphatic carbocycles. The van der Waals surface area contributed by atoms with E-state index in [-0.39, 0.29) is 12.5 Å². The van der Waals surface area contributed by atoms with Crippen molar-refractivity contribution in [2.75, 3.05) is 18.1 Å². The summed E-state index contributed by atoms with van der Waals surface area (Å²) in [6.45, 7) is -0.426. The van der Waals surface area contributed by atoms with E-state index >= 15 is 0 Å². The number of carboxylic acid groups (broad SMARTS) is 1. The Morgan fingerprint density at radius 1 is 0.971 bits per heavy atom. The Labute approximate surface area is 207 Å². The number of alkyl carbamates (subject to hydrolysis) is 1. The van der Waals surface area contributed by atoms with Crippen LogP contribution >= 0.6 is 11.6 Å². The molecule has 3 aromatic rings. The minimum atomic E-state index is -1.19. The van der Waals surface area contributed by atoms with E-state index in [0.717, 1.165) is 27.2 Å². The fraction of sp³-hybridized carbons (Fsp3) is 0.222. The first-order chi connectivity index (χ1) is 16.9. The van der Waals surface area contributed by atoms with Crippen molar-refractivity contribution in [2.24, 2.45) is 0 Å². The number of hydrogen-bond acceptors (Lipinski definition) is 4. The predicted molar refractivity (Wildman–Crippen MR) is 132 cm³/mol. The Kier molecular flexibility index (Phi) is 5.94. The molecule has 2 aliphatic rings. The molecule has 2 amide bonds. The minimum absolute atomic E-state index is 0.103. The lowest BCUT2D eigenvalue weighted by atomic mass is 9.98. The van der Waals surface area contributed by atoms with Crippen molar-refractivity contribution in [2.45, 2.75) is 24.3 Å². The second kappa shape index (κ2) is 9.07. The zero-order valence-corrected chi connectivity index (χ0v) is 19.5. The van der Waals surface area contributed by atoms with E-state index in [0.29, 0.717) is 23.6 Å². The number of anilines is 1. The van der Waals surface area contributed by atoms with Crippen LogP contribution < -0.4 is 10.2 Å². The van der Waals surface area contributed by atoms with E-state index in [1.54, 1.807) is 18.2 Å². The number of carbonyl (C=O) groups is 3. The standard InChI is InChI=1S/C27H23ClN2O5/c28-17-6-5-7-18(14-17)30(15-24(31)32)25(33)27(12-13-27)29-26(34)35-16-23-21-10-3-1-8-19(21)20-9-2-4-11-22(20)23/h1-11,14,23H,12-13,15-16H2,(H,29,34)(H,31,32). The number of ether oxygens (including phenoxy) is 1. The van der Waals surface area contributed by atoms with Gasteiger partial charge in [0.2, 0.25) is 0 Å². The molecule has 178 valence electrons. The monoisotopic (exact) mass is 490 g/mol. The van der Waals surface area contributed by atoms with Gasteiger partial charge in [0.15, 0.2) is 0 Å². The van der Waals surface area contributed by atoms with Crippen molar-refractivity contribution in [1.29, 1.82) is 0 Å². The molecule has 0 atom stereocenters. The normalized spacial score (nSPS) is 15.0. The lowest BCUT2D eigenvalue weighted by Crippen LogP contribution is -2.52. The fourth-order valence-electron chi connectivity index (χ4n) is 4.67. The molecule has 8 heteroatoms. The first-order valence-electron chi connectivity index (χ1n) is 11.3. The summed E-state index contributed by atoms with van der Waals surface area (Å²) >= 11 is 6.04. The van der Waals surface area contributed by atoms with Gasteiger partial charge < -0.3 is 15.2 Å². The van der Waals surface area contributed by atoms with E-state index < -0.39 is 30.1 Å². The number of nitrogens with one attached hydrogen (secondary N) is 1. The summed E-state index contributed by atoms with van der Waals surface area (Å²) in [4.78, 5) is 38.7. The van der Waals surface area contributed by atoms with Crippen LogP contribution in [-0.2, 0) is 14.3 Å². The summed E-state index contributed by atoms with van der Waals surface area (Å²) in [7, 11) is 0. The summed E-state index contributed by atoms with van der Waals surface area (Å²) in [5.41, 5.74) is 3.58. The zero-order chi connectivity index (χ0) is 24.6. The first kappa shape index (κ1) is 22.9. The molecule has 0 aliphatic heterocycles. The third-order valence-electron chi connectivity index (χ3n) is 6.50. The van der Waals surface area contributed by atoms with Gasteiger partial charge in [-0.2, -0.15) is 0 Å².